The summed E-state index contributed by atoms with van der Waals surface area (Å²) in [5.41, 5.74) is -0.615. The number of ether oxygens (including phenoxy) is 3. The molecule has 0 radical (unpaired) electrons. The van der Waals surface area contributed by atoms with Crippen molar-refractivity contribution in [2.45, 2.75) is 32.5 Å². The summed E-state index contributed by atoms with van der Waals surface area (Å²) < 4.78 is 14.6. The van der Waals surface area contributed by atoms with Gasteiger partial charge in [-0.2, -0.15) is 0 Å². The maximum Gasteiger partial charge on any atom is 0.508 e. The monoisotopic (exact) mass is 214 g/mol. The fourth-order valence-electron chi connectivity index (χ4n) is 1.06. The van der Waals surface area contributed by atoms with Crippen molar-refractivity contribution in [3.63, 3.8) is 0 Å². The van der Waals surface area contributed by atoms with Gasteiger partial charge in [0.1, 0.15) is 12.2 Å². The first-order valence-corrected chi connectivity index (χ1v) is 4.55. The van der Waals surface area contributed by atoms with Gasteiger partial charge in [-0.1, -0.05) is 6.58 Å². The Morgan fingerprint density at radius 1 is 1.60 bits per heavy atom. The highest BCUT2D eigenvalue weighted by Gasteiger charge is 2.41. The van der Waals surface area contributed by atoms with E-state index in [2.05, 4.69) is 11.3 Å². The van der Waals surface area contributed by atoms with Crippen LogP contribution in [-0.2, 0) is 19.0 Å². The van der Waals surface area contributed by atoms with E-state index in [-0.39, 0.29) is 6.61 Å². The molecule has 1 fully saturated rings. The highest BCUT2D eigenvalue weighted by molar-refractivity contribution is 5.87. The van der Waals surface area contributed by atoms with Crippen LogP contribution in [0.25, 0.3) is 0 Å². The highest BCUT2D eigenvalue weighted by atomic mass is 16.8. The molecule has 0 aromatic rings. The Morgan fingerprint density at radius 3 is 2.60 bits per heavy atom. The zero-order chi connectivity index (χ0) is 11.6. The summed E-state index contributed by atoms with van der Waals surface area (Å²) in [5, 5.41) is 0. The van der Waals surface area contributed by atoms with Crippen molar-refractivity contribution in [3.8, 4) is 0 Å². The molecule has 0 bridgehead atoms. The molecule has 1 unspecified atom stereocenters. The Bertz CT molecular complexity index is 305. The van der Waals surface area contributed by atoms with Crippen LogP contribution in [-0.4, -0.2) is 30.4 Å². The molecular weight excluding hydrogens is 200 g/mol. The predicted octanol–water partition coefficient (Wildman–Crippen LogP) is 1.42. The Hall–Kier alpha value is -1.52. The van der Waals surface area contributed by atoms with E-state index in [1.54, 1.807) is 20.8 Å². The molecule has 0 aromatic heterocycles. The average molecular weight is 214 g/mol. The molecule has 0 aromatic carbocycles. The standard InChI is InChI=1S/C10H14O5/c1-6(2)8(11)15-10(3,4)7-5-13-9(12)14-7/h7H,1,5H2,2-4H3. The van der Waals surface area contributed by atoms with E-state index in [4.69, 9.17) is 9.47 Å². The second-order valence-electron chi connectivity index (χ2n) is 3.94. The number of carbonyl (C=O) groups is 2. The third kappa shape index (κ3) is 2.71. The fraction of sp³-hybridized carbons (Fsp3) is 0.600. The van der Waals surface area contributed by atoms with Gasteiger partial charge < -0.3 is 14.2 Å². The molecule has 0 amide bonds. The summed E-state index contributed by atoms with van der Waals surface area (Å²) in [5.74, 6) is -0.511. The van der Waals surface area contributed by atoms with E-state index >= 15 is 0 Å². The Kier molecular flexibility index (Phi) is 3.02. The van der Waals surface area contributed by atoms with Crippen molar-refractivity contribution >= 4 is 12.1 Å². The van der Waals surface area contributed by atoms with Crippen molar-refractivity contribution in [2.24, 2.45) is 0 Å². The molecule has 1 heterocycles. The van der Waals surface area contributed by atoms with Gasteiger partial charge in [0.15, 0.2) is 6.10 Å². The van der Waals surface area contributed by atoms with Gasteiger partial charge in [0.2, 0.25) is 0 Å². The maximum absolute atomic E-state index is 11.3. The number of cyclic esters (lactones) is 2. The summed E-state index contributed by atoms with van der Waals surface area (Å²) >= 11 is 0. The minimum atomic E-state index is -0.914. The number of carbonyl (C=O) groups excluding carboxylic acids is 2. The number of rotatable bonds is 3. The minimum Gasteiger partial charge on any atom is -0.452 e. The lowest BCUT2D eigenvalue weighted by Gasteiger charge is -2.28. The normalized spacial score (nSPS) is 20.5. The maximum atomic E-state index is 11.3. The van der Waals surface area contributed by atoms with Gasteiger partial charge in [0.05, 0.1) is 0 Å². The number of hydrogen-bond donors (Lipinski definition) is 0. The molecule has 0 aliphatic carbocycles. The third-order valence-electron chi connectivity index (χ3n) is 2.07. The van der Waals surface area contributed by atoms with Crippen LogP contribution in [0.15, 0.2) is 12.2 Å². The molecule has 1 rings (SSSR count). The van der Waals surface area contributed by atoms with E-state index < -0.39 is 23.8 Å². The van der Waals surface area contributed by atoms with Gasteiger partial charge in [-0.05, 0) is 20.8 Å². The first-order chi connectivity index (χ1) is 6.83. The van der Waals surface area contributed by atoms with Gasteiger partial charge in [-0.25, -0.2) is 9.59 Å². The van der Waals surface area contributed by atoms with Crippen LogP contribution >= 0.6 is 0 Å². The minimum absolute atomic E-state index is 0.0926. The summed E-state index contributed by atoms with van der Waals surface area (Å²) in [7, 11) is 0. The number of hydrogen-bond acceptors (Lipinski definition) is 5. The lowest BCUT2D eigenvalue weighted by Crippen LogP contribution is -2.42. The Balaban J connectivity index is 2.62. The van der Waals surface area contributed by atoms with Crippen LogP contribution in [0.3, 0.4) is 0 Å². The largest absolute Gasteiger partial charge is 0.508 e. The van der Waals surface area contributed by atoms with Crippen LogP contribution in [0.5, 0.6) is 0 Å². The van der Waals surface area contributed by atoms with Crippen LogP contribution in [0.1, 0.15) is 20.8 Å². The Morgan fingerprint density at radius 2 is 2.20 bits per heavy atom. The number of esters is 1. The van der Waals surface area contributed by atoms with Crippen molar-refractivity contribution < 1.29 is 23.8 Å². The van der Waals surface area contributed by atoms with Crippen molar-refractivity contribution in [1.82, 2.24) is 0 Å². The second kappa shape index (κ2) is 3.92. The molecule has 1 aliphatic heterocycles. The third-order valence-corrected chi connectivity index (χ3v) is 2.07. The molecule has 1 saturated heterocycles. The summed E-state index contributed by atoms with van der Waals surface area (Å²) in [6.45, 7) is 8.42. The lowest BCUT2D eigenvalue weighted by molar-refractivity contribution is -0.160. The molecule has 15 heavy (non-hydrogen) atoms. The van der Waals surface area contributed by atoms with Crippen LogP contribution in [0.4, 0.5) is 4.79 Å². The first kappa shape index (κ1) is 11.6. The molecule has 0 N–H and O–H groups in total. The lowest BCUT2D eigenvalue weighted by atomic mass is 10.0. The predicted molar refractivity (Wildman–Crippen MR) is 51.2 cm³/mol. The quantitative estimate of drug-likeness (QED) is 0.525. The first-order valence-electron chi connectivity index (χ1n) is 4.55. The topological polar surface area (TPSA) is 61.8 Å². The summed E-state index contributed by atoms with van der Waals surface area (Å²) in [6, 6.07) is 0. The summed E-state index contributed by atoms with van der Waals surface area (Å²) in [6.07, 6.45) is -1.31. The van der Waals surface area contributed by atoms with Gasteiger partial charge >= 0.3 is 12.1 Å². The SMILES string of the molecule is C=C(C)C(=O)OC(C)(C)C1COC(=O)O1. The van der Waals surface area contributed by atoms with Gasteiger partial charge in [-0.3, -0.25) is 0 Å². The smallest absolute Gasteiger partial charge is 0.452 e. The van der Waals surface area contributed by atoms with E-state index in [1.807, 2.05) is 0 Å². The Labute approximate surface area is 88.0 Å². The van der Waals surface area contributed by atoms with Gasteiger partial charge in [-0.15, -0.1) is 0 Å². The summed E-state index contributed by atoms with van der Waals surface area (Å²) in [4.78, 5) is 22.0. The molecule has 84 valence electrons. The van der Waals surface area contributed by atoms with Crippen LogP contribution < -0.4 is 0 Å². The average Bonchev–Trinajstić information content (AvgIpc) is 2.51. The zero-order valence-corrected chi connectivity index (χ0v) is 9.03. The molecule has 5 heteroatoms. The van der Waals surface area contributed by atoms with E-state index in [9.17, 15) is 9.59 Å². The van der Waals surface area contributed by atoms with E-state index in [0.717, 1.165) is 0 Å². The van der Waals surface area contributed by atoms with Crippen molar-refractivity contribution in [2.75, 3.05) is 6.61 Å². The highest BCUT2D eigenvalue weighted by Crippen LogP contribution is 2.24. The van der Waals surface area contributed by atoms with Crippen LogP contribution in [0.2, 0.25) is 0 Å². The zero-order valence-electron chi connectivity index (χ0n) is 9.03. The molecule has 0 spiro atoms. The van der Waals surface area contributed by atoms with Gasteiger partial charge in [0.25, 0.3) is 0 Å². The molecule has 1 aliphatic rings. The van der Waals surface area contributed by atoms with Crippen molar-refractivity contribution in [3.05, 3.63) is 12.2 Å². The molecular formula is C10H14O5. The van der Waals surface area contributed by atoms with Gasteiger partial charge in [0, 0.05) is 5.57 Å². The van der Waals surface area contributed by atoms with Crippen molar-refractivity contribution in [1.29, 1.82) is 0 Å². The van der Waals surface area contributed by atoms with E-state index in [0.29, 0.717) is 5.57 Å². The van der Waals surface area contributed by atoms with E-state index in [1.165, 1.54) is 0 Å². The molecule has 1 atom stereocenters. The molecule has 5 nitrogen and oxygen atoms in total. The van der Waals surface area contributed by atoms with Crippen LogP contribution in [0, 0.1) is 0 Å². The molecule has 0 saturated carbocycles. The second-order valence-corrected chi connectivity index (χ2v) is 3.94. The fourth-order valence-corrected chi connectivity index (χ4v) is 1.06.